The standard InChI is InChI=1S/C40H42F5N9O5S/c1-3-31-34(51-17-19-52(20-18-51)37(56)33-35(26(2)46-25-47-33)59-22-27-7-5-4-6-8-27)38(57)54-39(49-36(50-54)28-13-15-40(16-14-28)23-58-24-40)53(31)21-32(55)48-29-9-11-30(12-10-29)60(41,42,43,44)45/h4-13,25H,3,14-24H2,1-2H3,(H,48,55). The number of carbonyl (C=O) groups excluding carboxylic acids is 2. The molecule has 2 aliphatic heterocycles. The van der Waals surface area contributed by atoms with E-state index in [9.17, 15) is 33.8 Å². The summed E-state index contributed by atoms with van der Waals surface area (Å²) in [4.78, 5) is 56.6. The largest absolute Gasteiger partial charge is 0.485 e. The summed E-state index contributed by atoms with van der Waals surface area (Å²) >= 11 is 0. The quantitative estimate of drug-likeness (QED) is 0.138. The number of halogens is 5. The van der Waals surface area contributed by atoms with Crippen LogP contribution in [0, 0.1) is 12.3 Å². The third kappa shape index (κ3) is 8.17. The van der Waals surface area contributed by atoms with E-state index in [1.807, 2.05) is 41.3 Å². The van der Waals surface area contributed by atoms with Gasteiger partial charge >= 0.3 is 10.2 Å². The molecule has 2 saturated heterocycles. The molecule has 2 amide bonds. The summed E-state index contributed by atoms with van der Waals surface area (Å²) in [6.07, 6.45) is 5.87. The van der Waals surface area contributed by atoms with Crippen molar-refractivity contribution in [1.29, 1.82) is 0 Å². The molecule has 8 rings (SSSR count). The number of carbonyl (C=O) groups is 2. The van der Waals surface area contributed by atoms with E-state index < -0.39 is 33.1 Å². The van der Waals surface area contributed by atoms with Crippen molar-refractivity contribution in [2.24, 2.45) is 5.41 Å². The van der Waals surface area contributed by atoms with Crippen LogP contribution in [0.2, 0.25) is 0 Å². The maximum atomic E-state index is 14.5. The minimum atomic E-state index is -9.93. The first-order valence-corrected chi connectivity index (χ1v) is 21.3. The van der Waals surface area contributed by atoms with Gasteiger partial charge in [0, 0.05) is 37.3 Å². The Labute approximate surface area is 340 Å². The number of nitrogens with zero attached hydrogens (tertiary/aromatic N) is 8. The maximum absolute atomic E-state index is 14.5. The summed E-state index contributed by atoms with van der Waals surface area (Å²) in [5.41, 5.74) is 2.50. The first-order valence-electron chi connectivity index (χ1n) is 19.4. The number of amides is 2. The molecule has 14 nitrogen and oxygen atoms in total. The first kappa shape index (κ1) is 40.9. The number of fused-ring (bicyclic) bond motifs is 1. The number of anilines is 2. The number of ether oxygens (including phenoxy) is 2. The molecule has 0 radical (unpaired) electrons. The Bertz CT molecular complexity index is 2580. The number of piperazine rings is 1. The van der Waals surface area contributed by atoms with Crippen molar-refractivity contribution in [3.05, 3.63) is 106 Å². The van der Waals surface area contributed by atoms with Crippen LogP contribution in [-0.2, 0) is 29.1 Å². The van der Waals surface area contributed by atoms with Gasteiger partial charge in [-0.1, -0.05) is 62.8 Å². The molecule has 5 aromatic rings. The highest BCUT2D eigenvalue weighted by Crippen LogP contribution is 3.02. The van der Waals surface area contributed by atoms with Crippen LogP contribution in [-0.4, -0.2) is 85.2 Å². The monoisotopic (exact) mass is 855 g/mol. The summed E-state index contributed by atoms with van der Waals surface area (Å²) in [7, 11) is -9.93. The number of hydrogen-bond donors (Lipinski definition) is 1. The smallest absolute Gasteiger partial charge is 0.310 e. The number of hydrogen-bond acceptors (Lipinski definition) is 10. The second kappa shape index (κ2) is 14.7. The van der Waals surface area contributed by atoms with E-state index in [0.29, 0.717) is 36.8 Å². The molecule has 0 saturated carbocycles. The van der Waals surface area contributed by atoms with Gasteiger partial charge in [0.2, 0.25) is 11.7 Å². The van der Waals surface area contributed by atoms with Gasteiger partial charge in [-0.25, -0.2) is 9.97 Å². The molecule has 2 fully saturated rings. The lowest BCUT2D eigenvalue weighted by Gasteiger charge is -2.43. The Morgan fingerprint density at radius 3 is 2.30 bits per heavy atom. The molecule has 3 aromatic heterocycles. The highest BCUT2D eigenvalue weighted by atomic mass is 32.5. The Balaban J connectivity index is 1.08. The normalized spacial score (nSPS) is 17.8. The van der Waals surface area contributed by atoms with Gasteiger partial charge in [-0.15, -0.1) is 5.10 Å². The molecule has 0 bridgehead atoms. The number of allylic oxidation sites excluding steroid dienone is 2. The highest BCUT2D eigenvalue weighted by molar-refractivity contribution is 8.45. The molecule has 2 aromatic carbocycles. The molecule has 3 aliphatic rings. The molecule has 1 aliphatic carbocycles. The van der Waals surface area contributed by atoms with E-state index in [4.69, 9.17) is 14.5 Å². The summed E-state index contributed by atoms with van der Waals surface area (Å²) in [5, 5.41) is 7.12. The Morgan fingerprint density at radius 1 is 0.967 bits per heavy atom. The van der Waals surface area contributed by atoms with Crippen molar-refractivity contribution in [2.45, 2.75) is 57.6 Å². The van der Waals surface area contributed by atoms with Crippen LogP contribution in [0.25, 0.3) is 11.4 Å². The predicted octanol–water partition coefficient (Wildman–Crippen LogP) is 6.97. The Kier molecular flexibility index (Phi) is 10.0. The van der Waals surface area contributed by atoms with Crippen molar-refractivity contribution >= 4 is 44.8 Å². The third-order valence-corrected chi connectivity index (χ3v) is 12.3. The molecule has 5 heterocycles. The van der Waals surface area contributed by atoms with Gasteiger partial charge in [0.05, 0.1) is 24.6 Å². The minimum Gasteiger partial charge on any atom is -0.485 e. The van der Waals surface area contributed by atoms with Crippen molar-refractivity contribution in [2.75, 3.05) is 49.6 Å². The van der Waals surface area contributed by atoms with E-state index in [0.717, 1.165) is 40.6 Å². The number of aryl methyl sites for hydroxylation is 1. The van der Waals surface area contributed by atoms with Gasteiger partial charge in [-0.3, -0.25) is 14.4 Å². The van der Waals surface area contributed by atoms with Gasteiger partial charge in [0.1, 0.15) is 30.1 Å². The van der Waals surface area contributed by atoms with E-state index in [2.05, 4.69) is 20.4 Å². The molecule has 1 spiro atoms. The van der Waals surface area contributed by atoms with E-state index in [-0.39, 0.29) is 91.3 Å². The van der Waals surface area contributed by atoms with E-state index >= 15 is 0 Å². The topological polar surface area (TPSA) is 149 Å². The van der Waals surface area contributed by atoms with Gasteiger partial charge in [-0.2, -0.15) is 9.50 Å². The third-order valence-electron chi connectivity index (χ3n) is 11.1. The molecular weight excluding hydrogens is 814 g/mol. The lowest BCUT2D eigenvalue weighted by molar-refractivity contribution is -0.116. The lowest BCUT2D eigenvalue weighted by Crippen LogP contribution is -2.51. The fraction of sp³-hybridized carbons (Fsp3) is 0.375. The SMILES string of the molecule is CCc1c(N2CCN(C(=O)c3ncnc(C)c3OCc3ccccc3)CC2)c(=O)n2nc(C3=CCC4(CC3)COC4)nc2n1CC(=O)Nc1ccc(S(F)(F)(F)(F)F)cc1. The number of nitrogens with one attached hydrogen (secondary N) is 1. The van der Waals surface area contributed by atoms with Crippen LogP contribution in [0.4, 0.5) is 30.8 Å². The van der Waals surface area contributed by atoms with E-state index in [1.165, 1.54) is 10.9 Å². The Morgan fingerprint density at radius 2 is 1.68 bits per heavy atom. The summed E-state index contributed by atoms with van der Waals surface area (Å²) < 4.78 is 81.0. The van der Waals surface area contributed by atoms with Crippen LogP contribution in [0.3, 0.4) is 0 Å². The second-order valence-electron chi connectivity index (χ2n) is 15.3. The minimum absolute atomic E-state index is 0.0751. The van der Waals surface area contributed by atoms with Crippen molar-refractivity contribution in [3.8, 4) is 5.75 Å². The van der Waals surface area contributed by atoms with Crippen LogP contribution < -0.4 is 20.5 Å². The zero-order chi connectivity index (χ0) is 42.5. The molecule has 1 N–H and O–H groups in total. The van der Waals surface area contributed by atoms with Gasteiger partial charge in [0.25, 0.3) is 11.5 Å². The van der Waals surface area contributed by atoms with E-state index in [1.54, 1.807) is 18.7 Å². The summed E-state index contributed by atoms with van der Waals surface area (Å²) in [5.74, 6) is -0.408. The van der Waals surface area contributed by atoms with Gasteiger partial charge < -0.3 is 29.2 Å². The van der Waals surface area contributed by atoms with Crippen molar-refractivity contribution < 1.29 is 38.5 Å². The van der Waals surface area contributed by atoms with Gasteiger partial charge in [0.15, 0.2) is 17.3 Å². The highest BCUT2D eigenvalue weighted by Gasteiger charge is 2.65. The van der Waals surface area contributed by atoms with Crippen LogP contribution >= 0.6 is 10.2 Å². The molecule has 318 valence electrons. The summed E-state index contributed by atoms with van der Waals surface area (Å²) in [6.45, 7) is 5.50. The lowest BCUT2D eigenvalue weighted by atomic mass is 9.73. The van der Waals surface area contributed by atoms with Crippen LogP contribution in [0.15, 0.2) is 76.7 Å². The average molecular weight is 856 g/mol. The molecule has 0 unspecified atom stereocenters. The molecule has 0 atom stereocenters. The van der Waals surface area contributed by atoms with Crippen LogP contribution in [0.1, 0.15) is 59.5 Å². The maximum Gasteiger partial charge on any atom is 0.310 e. The number of rotatable bonds is 11. The fourth-order valence-corrected chi connectivity index (χ4v) is 8.45. The number of aromatic nitrogens is 6. The fourth-order valence-electron chi connectivity index (χ4n) is 7.80. The van der Waals surface area contributed by atoms with Crippen molar-refractivity contribution in [1.82, 2.24) is 34.0 Å². The van der Waals surface area contributed by atoms with Gasteiger partial charge in [-0.05, 0) is 68.0 Å². The Hall–Kier alpha value is -5.89. The summed E-state index contributed by atoms with van der Waals surface area (Å²) in [6, 6.07) is 11.4. The molecular formula is C40H42F5N9O5S. The van der Waals surface area contributed by atoms with Crippen LogP contribution in [0.5, 0.6) is 5.75 Å². The number of benzene rings is 2. The zero-order valence-electron chi connectivity index (χ0n) is 32.8. The molecule has 20 heteroatoms. The zero-order valence-corrected chi connectivity index (χ0v) is 33.6. The predicted molar refractivity (Wildman–Crippen MR) is 214 cm³/mol. The first-order chi connectivity index (χ1) is 28.4. The average Bonchev–Trinajstić information content (AvgIpc) is 3.66. The van der Waals surface area contributed by atoms with Crippen molar-refractivity contribution in [3.63, 3.8) is 0 Å². The second-order valence-corrected chi connectivity index (χ2v) is 17.8. The molecule has 60 heavy (non-hydrogen) atoms.